The smallest absolute Gasteiger partial charge is 0.408 e. The predicted octanol–water partition coefficient (Wildman–Crippen LogP) is 4.91. The highest BCUT2D eigenvalue weighted by atomic mass is 35.5. The van der Waals surface area contributed by atoms with Gasteiger partial charge in [-0.3, -0.25) is 9.59 Å². The molecule has 1 fully saturated rings. The number of hydrogen-bond acceptors (Lipinski definition) is 5. The van der Waals surface area contributed by atoms with Crippen LogP contribution < -0.4 is 10.2 Å². The molecule has 7 nitrogen and oxygen atoms in total. The van der Waals surface area contributed by atoms with Crippen molar-refractivity contribution in [2.45, 2.75) is 52.2 Å². The van der Waals surface area contributed by atoms with E-state index in [4.69, 9.17) is 27.9 Å². The first kappa shape index (κ1) is 27.8. The largest absolute Gasteiger partial charge is 0.444 e. The molecular weight excluding hydrogens is 501 g/mol. The maximum absolute atomic E-state index is 13.6. The quantitative estimate of drug-likeness (QED) is 0.546. The van der Waals surface area contributed by atoms with Crippen molar-refractivity contribution in [2.24, 2.45) is 0 Å². The minimum absolute atomic E-state index is 0.105. The van der Waals surface area contributed by atoms with Gasteiger partial charge < -0.3 is 19.9 Å². The van der Waals surface area contributed by atoms with Crippen LogP contribution in [-0.4, -0.2) is 60.5 Å². The normalized spacial score (nSPS) is 14.8. The molecule has 0 saturated carbocycles. The Labute approximate surface area is 222 Å². The first-order valence-electron chi connectivity index (χ1n) is 12.0. The number of rotatable bonds is 7. The molecule has 9 heteroatoms. The molecule has 1 unspecified atom stereocenters. The van der Waals surface area contributed by atoms with Crippen molar-refractivity contribution in [3.8, 4) is 0 Å². The highest BCUT2D eigenvalue weighted by Crippen LogP contribution is 2.25. The van der Waals surface area contributed by atoms with Crippen LogP contribution in [0.25, 0.3) is 0 Å². The number of alkyl carbamates (subject to hydrolysis) is 1. The van der Waals surface area contributed by atoms with Gasteiger partial charge in [-0.2, -0.15) is 0 Å². The SMILES string of the molecule is CC(=O)Cc1ccccc1N1CCN(C(=O)C(Cc2ccc(Cl)cc2Cl)NC(=O)OC(C)(C)C)CC1. The van der Waals surface area contributed by atoms with Gasteiger partial charge in [0.05, 0.1) is 0 Å². The monoisotopic (exact) mass is 533 g/mol. The van der Waals surface area contributed by atoms with Gasteiger partial charge in [-0.25, -0.2) is 4.79 Å². The number of piperazine rings is 1. The number of ether oxygens (including phenoxy) is 1. The number of para-hydroxylation sites is 1. The van der Waals surface area contributed by atoms with Crippen LogP contribution in [0.1, 0.15) is 38.8 Å². The second-order valence-corrected chi connectivity index (χ2v) is 10.8. The van der Waals surface area contributed by atoms with Gasteiger partial charge in [-0.15, -0.1) is 0 Å². The molecule has 2 aromatic rings. The van der Waals surface area contributed by atoms with Gasteiger partial charge in [0.1, 0.15) is 17.4 Å². The van der Waals surface area contributed by atoms with Crippen molar-refractivity contribution in [1.82, 2.24) is 10.2 Å². The fraction of sp³-hybridized carbons (Fsp3) is 0.444. The van der Waals surface area contributed by atoms with Gasteiger partial charge in [0.2, 0.25) is 5.91 Å². The first-order valence-corrected chi connectivity index (χ1v) is 12.7. The molecule has 1 N–H and O–H groups in total. The number of carbonyl (C=O) groups excluding carboxylic acids is 3. The van der Waals surface area contributed by atoms with E-state index in [1.807, 2.05) is 24.3 Å². The second-order valence-electron chi connectivity index (χ2n) is 9.96. The lowest BCUT2D eigenvalue weighted by atomic mass is 10.0. The number of Topliss-reactive ketones (excluding diaryl/α,β-unsaturated/α-hetero) is 1. The lowest BCUT2D eigenvalue weighted by Gasteiger charge is -2.38. The van der Waals surface area contributed by atoms with Gasteiger partial charge in [-0.05, 0) is 57.0 Å². The fourth-order valence-electron chi connectivity index (χ4n) is 4.18. The predicted molar refractivity (Wildman–Crippen MR) is 143 cm³/mol. The van der Waals surface area contributed by atoms with Gasteiger partial charge in [0, 0.05) is 54.8 Å². The molecule has 0 bridgehead atoms. The van der Waals surface area contributed by atoms with Crippen LogP contribution in [0, 0.1) is 0 Å². The van der Waals surface area contributed by atoms with Crippen molar-refractivity contribution >= 4 is 46.7 Å². The number of amides is 2. The minimum Gasteiger partial charge on any atom is -0.444 e. The Balaban J connectivity index is 1.73. The Morgan fingerprint density at radius 3 is 2.28 bits per heavy atom. The summed E-state index contributed by atoms with van der Waals surface area (Å²) < 4.78 is 5.40. The van der Waals surface area contributed by atoms with E-state index in [9.17, 15) is 14.4 Å². The van der Waals surface area contributed by atoms with Crippen LogP contribution in [0.15, 0.2) is 42.5 Å². The zero-order valence-electron chi connectivity index (χ0n) is 21.1. The van der Waals surface area contributed by atoms with Crippen LogP contribution in [0.5, 0.6) is 0 Å². The Bertz CT molecular complexity index is 1110. The molecule has 3 rings (SSSR count). The van der Waals surface area contributed by atoms with Gasteiger partial charge in [-0.1, -0.05) is 47.5 Å². The first-order chi connectivity index (χ1) is 16.9. The summed E-state index contributed by atoms with van der Waals surface area (Å²) in [6.07, 6.45) is -0.0860. The Kier molecular flexibility index (Phi) is 9.25. The van der Waals surface area contributed by atoms with Crippen molar-refractivity contribution in [3.63, 3.8) is 0 Å². The number of carbonyl (C=O) groups is 3. The molecule has 0 spiro atoms. The molecule has 2 amide bonds. The number of nitrogens with one attached hydrogen (secondary N) is 1. The van der Waals surface area contributed by atoms with Crippen LogP contribution in [0.3, 0.4) is 0 Å². The van der Waals surface area contributed by atoms with E-state index in [2.05, 4.69) is 10.2 Å². The molecule has 2 aromatic carbocycles. The minimum atomic E-state index is -0.852. The average Bonchev–Trinajstić information content (AvgIpc) is 2.79. The summed E-state index contributed by atoms with van der Waals surface area (Å²) in [4.78, 5) is 41.7. The maximum Gasteiger partial charge on any atom is 0.408 e. The molecule has 194 valence electrons. The number of anilines is 1. The summed E-state index contributed by atoms with van der Waals surface area (Å²) in [6.45, 7) is 9.07. The van der Waals surface area contributed by atoms with Gasteiger partial charge >= 0.3 is 6.09 Å². The zero-order chi connectivity index (χ0) is 26.5. The zero-order valence-corrected chi connectivity index (χ0v) is 22.7. The van der Waals surface area contributed by atoms with Crippen LogP contribution >= 0.6 is 23.2 Å². The molecule has 1 aliphatic heterocycles. The highest BCUT2D eigenvalue weighted by molar-refractivity contribution is 6.35. The summed E-state index contributed by atoms with van der Waals surface area (Å²) in [6, 6.07) is 12.1. The Morgan fingerprint density at radius 2 is 1.67 bits per heavy atom. The van der Waals surface area contributed by atoms with E-state index in [-0.39, 0.29) is 18.1 Å². The molecule has 1 saturated heterocycles. The van der Waals surface area contributed by atoms with Crippen molar-refractivity contribution in [2.75, 3.05) is 31.1 Å². The summed E-state index contributed by atoms with van der Waals surface area (Å²) in [7, 11) is 0. The summed E-state index contributed by atoms with van der Waals surface area (Å²) in [5.74, 6) is -0.100. The lowest BCUT2D eigenvalue weighted by Crippen LogP contribution is -2.56. The lowest BCUT2D eigenvalue weighted by molar-refractivity contribution is -0.133. The van der Waals surface area contributed by atoms with Crippen LogP contribution in [0.2, 0.25) is 10.0 Å². The molecule has 36 heavy (non-hydrogen) atoms. The Morgan fingerprint density at radius 1 is 1.00 bits per heavy atom. The topological polar surface area (TPSA) is 79.0 Å². The number of nitrogens with zero attached hydrogens (tertiary/aromatic N) is 2. The summed E-state index contributed by atoms with van der Waals surface area (Å²) >= 11 is 12.4. The average molecular weight is 534 g/mol. The van der Waals surface area contributed by atoms with Crippen molar-refractivity contribution in [1.29, 1.82) is 0 Å². The fourth-order valence-corrected chi connectivity index (χ4v) is 4.67. The summed E-state index contributed by atoms with van der Waals surface area (Å²) in [5, 5.41) is 3.66. The second kappa shape index (κ2) is 12.0. The summed E-state index contributed by atoms with van der Waals surface area (Å²) in [5.41, 5.74) is 1.99. The number of benzene rings is 2. The Hall–Kier alpha value is -2.77. The van der Waals surface area contributed by atoms with E-state index >= 15 is 0 Å². The van der Waals surface area contributed by atoms with E-state index < -0.39 is 17.7 Å². The van der Waals surface area contributed by atoms with Crippen molar-refractivity contribution in [3.05, 3.63) is 63.6 Å². The van der Waals surface area contributed by atoms with E-state index in [1.54, 1.807) is 50.8 Å². The van der Waals surface area contributed by atoms with Gasteiger partial charge in [0.15, 0.2) is 0 Å². The van der Waals surface area contributed by atoms with Crippen molar-refractivity contribution < 1.29 is 19.1 Å². The van der Waals surface area contributed by atoms with E-state index in [0.29, 0.717) is 48.2 Å². The number of halogens is 2. The van der Waals surface area contributed by atoms with E-state index in [0.717, 1.165) is 11.3 Å². The third-order valence-corrected chi connectivity index (χ3v) is 6.38. The highest BCUT2D eigenvalue weighted by Gasteiger charge is 2.31. The van der Waals surface area contributed by atoms with Gasteiger partial charge in [0.25, 0.3) is 0 Å². The molecule has 0 aromatic heterocycles. The standard InChI is InChI=1S/C27H33Cl2N3O4/c1-18(33)15-20-7-5-6-8-24(20)31-11-13-32(14-12-31)25(34)23(30-26(35)36-27(2,3)4)16-19-9-10-21(28)17-22(19)29/h5-10,17,23H,11-16H2,1-4H3,(H,30,35). The molecule has 0 radical (unpaired) electrons. The van der Waals surface area contributed by atoms with Crippen LogP contribution in [0.4, 0.5) is 10.5 Å². The third-order valence-electron chi connectivity index (χ3n) is 5.79. The number of ketones is 1. The maximum atomic E-state index is 13.6. The number of hydrogen-bond donors (Lipinski definition) is 1. The van der Waals surface area contributed by atoms with Crippen LogP contribution in [-0.2, 0) is 27.2 Å². The third kappa shape index (κ3) is 7.87. The molecular formula is C27H33Cl2N3O4. The molecule has 1 atom stereocenters. The molecule has 1 aliphatic rings. The molecule has 1 heterocycles. The van der Waals surface area contributed by atoms with E-state index in [1.165, 1.54) is 0 Å². The molecule has 0 aliphatic carbocycles.